The SMILES string of the molecule is N#Cc1[nH]nnc1-c1cccc(/C=C/c2cc(C(F)(F)F)ccc2C(F)(F)F)c1. The van der Waals surface area contributed by atoms with Gasteiger partial charge in [-0.3, -0.25) is 0 Å². The summed E-state index contributed by atoms with van der Waals surface area (Å²) in [6.45, 7) is 0. The third kappa shape index (κ3) is 4.45. The highest BCUT2D eigenvalue weighted by Crippen LogP contribution is 2.37. The molecule has 0 aliphatic heterocycles. The van der Waals surface area contributed by atoms with Gasteiger partial charge >= 0.3 is 12.4 Å². The van der Waals surface area contributed by atoms with E-state index in [4.69, 9.17) is 5.26 Å². The second-order valence-corrected chi connectivity index (χ2v) is 5.90. The van der Waals surface area contributed by atoms with Gasteiger partial charge in [0.15, 0.2) is 5.69 Å². The fourth-order valence-electron chi connectivity index (χ4n) is 2.62. The zero-order valence-corrected chi connectivity index (χ0v) is 14.3. The van der Waals surface area contributed by atoms with E-state index in [-0.39, 0.29) is 11.4 Å². The van der Waals surface area contributed by atoms with Crippen LogP contribution in [0.2, 0.25) is 0 Å². The van der Waals surface area contributed by atoms with Crippen LogP contribution in [0.5, 0.6) is 0 Å². The van der Waals surface area contributed by atoms with E-state index in [1.165, 1.54) is 12.1 Å². The first-order valence-corrected chi connectivity index (χ1v) is 7.97. The van der Waals surface area contributed by atoms with Crippen molar-refractivity contribution in [2.75, 3.05) is 0 Å². The summed E-state index contributed by atoms with van der Waals surface area (Å²) in [5.74, 6) is 0. The highest BCUT2D eigenvalue weighted by Gasteiger charge is 2.36. The van der Waals surface area contributed by atoms with E-state index < -0.39 is 29.0 Å². The Morgan fingerprint density at radius 3 is 2.34 bits per heavy atom. The van der Waals surface area contributed by atoms with Gasteiger partial charge < -0.3 is 0 Å². The maximum atomic E-state index is 13.2. The van der Waals surface area contributed by atoms with Crippen LogP contribution in [0.4, 0.5) is 26.3 Å². The Bertz CT molecular complexity index is 1100. The molecular weight excluding hydrogens is 398 g/mol. The monoisotopic (exact) mass is 408 g/mol. The molecule has 0 saturated carbocycles. The highest BCUT2D eigenvalue weighted by molar-refractivity contribution is 5.75. The van der Waals surface area contributed by atoms with Crippen LogP contribution in [0.1, 0.15) is 27.9 Å². The summed E-state index contributed by atoms with van der Waals surface area (Å²) >= 11 is 0. The van der Waals surface area contributed by atoms with E-state index >= 15 is 0 Å². The predicted molar refractivity (Wildman–Crippen MR) is 91.9 cm³/mol. The number of halogens is 6. The summed E-state index contributed by atoms with van der Waals surface area (Å²) < 4.78 is 78.2. The number of H-pyrrole nitrogens is 1. The summed E-state index contributed by atoms with van der Waals surface area (Å²) in [4.78, 5) is 0. The molecule has 0 fully saturated rings. The molecular formula is C19H10F6N4. The first-order valence-electron chi connectivity index (χ1n) is 7.97. The summed E-state index contributed by atoms with van der Waals surface area (Å²) in [6, 6.07) is 9.38. The molecule has 3 aromatic rings. The number of nitrogens with one attached hydrogen (secondary N) is 1. The van der Waals surface area contributed by atoms with Gasteiger partial charge in [0.05, 0.1) is 11.1 Å². The Kier molecular flexibility index (Phi) is 5.16. The van der Waals surface area contributed by atoms with Gasteiger partial charge in [0.25, 0.3) is 0 Å². The second-order valence-electron chi connectivity index (χ2n) is 5.90. The van der Waals surface area contributed by atoms with Crippen LogP contribution >= 0.6 is 0 Å². The van der Waals surface area contributed by atoms with E-state index in [0.29, 0.717) is 29.3 Å². The smallest absolute Gasteiger partial charge is 0.247 e. The average molecular weight is 408 g/mol. The first-order chi connectivity index (χ1) is 13.6. The molecule has 2 aromatic carbocycles. The van der Waals surface area contributed by atoms with Crippen molar-refractivity contribution in [1.82, 2.24) is 15.4 Å². The molecule has 0 bridgehead atoms. The maximum absolute atomic E-state index is 13.2. The molecule has 0 aliphatic carbocycles. The lowest BCUT2D eigenvalue weighted by molar-refractivity contribution is -0.141. The number of hydrogen-bond donors (Lipinski definition) is 1. The number of hydrogen-bond acceptors (Lipinski definition) is 3. The van der Waals surface area contributed by atoms with Crippen molar-refractivity contribution in [1.29, 1.82) is 5.26 Å². The van der Waals surface area contributed by atoms with E-state index in [1.54, 1.807) is 18.2 Å². The molecule has 3 rings (SSSR count). The van der Waals surface area contributed by atoms with Gasteiger partial charge in [0.1, 0.15) is 11.8 Å². The minimum absolute atomic E-state index is 0.100. The first kappa shape index (κ1) is 20.1. The van der Waals surface area contributed by atoms with Gasteiger partial charge in [0, 0.05) is 5.56 Å². The average Bonchev–Trinajstić information content (AvgIpc) is 3.14. The molecule has 1 aromatic heterocycles. The van der Waals surface area contributed by atoms with Crippen LogP contribution in [-0.2, 0) is 12.4 Å². The normalized spacial score (nSPS) is 12.3. The zero-order chi connectivity index (χ0) is 21.2. The second kappa shape index (κ2) is 7.43. The summed E-state index contributed by atoms with van der Waals surface area (Å²) in [5.41, 5.74) is -1.75. The Balaban J connectivity index is 2.02. The molecule has 10 heteroatoms. The van der Waals surface area contributed by atoms with Crippen LogP contribution in [-0.4, -0.2) is 15.4 Å². The maximum Gasteiger partial charge on any atom is 0.416 e. The van der Waals surface area contributed by atoms with Crippen molar-refractivity contribution in [3.63, 3.8) is 0 Å². The molecule has 0 amide bonds. The molecule has 29 heavy (non-hydrogen) atoms. The summed E-state index contributed by atoms with van der Waals surface area (Å²) in [6.07, 6.45) is -7.37. The van der Waals surface area contributed by atoms with Crippen LogP contribution in [0.3, 0.4) is 0 Å². The van der Waals surface area contributed by atoms with Crippen molar-refractivity contribution in [2.24, 2.45) is 0 Å². The van der Waals surface area contributed by atoms with Crippen molar-refractivity contribution in [3.05, 3.63) is 70.4 Å². The topological polar surface area (TPSA) is 65.4 Å². The van der Waals surface area contributed by atoms with Gasteiger partial charge in [-0.25, -0.2) is 5.10 Å². The quantitative estimate of drug-likeness (QED) is 0.456. The number of aromatic nitrogens is 3. The van der Waals surface area contributed by atoms with E-state index in [2.05, 4.69) is 15.4 Å². The van der Waals surface area contributed by atoms with Gasteiger partial charge in [-0.05, 0) is 35.4 Å². The van der Waals surface area contributed by atoms with Crippen LogP contribution in [0.25, 0.3) is 23.4 Å². The molecule has 0 unspecified atom stereocenters. The third-order valence-corrected chi connectivity index (χ3v) is 3.96. The van der Waals surface area contributed by atoms with E-state index in [1.807, 2.05) is 6.07 Å². The van der Waals surface area contributed by atoms with E-state index in [0.717, 1.165) is 6.08 Å². The molecule has 0 saturated heterocycles. The lowest BCUT2D eigenvalue weighted by atomic mass is 10.0. The van der Waals surface area contributed by atoms with Crippen molar-refractivity contribution in [2.45, 2.75) is 12.4 Å². The Hall–Kier alpha value is -3.61. The molecule has 1 N–H and O–H groups in total. The van der Waals surface area contributed by atoms with Gasteiger partial charge in [-0.1, -0.05) is 35.6 Å². The Morgan fingerprint density at radius 1 is 0.931 bits per heavy atom. The fourth-order valence-corrected chi connectivity index (χ4v) is 2.62. The van der Waals surface area contributed by atoms with Gasteiger partial charge in [0.2, 0.25) is 0 Å². The fraction of sp³-hybridized carbons (Fsp3) is 0.105. The zero-order valence-electron chi connectivity index (χ0n) is 14.3. The number of nitriles is 1. The molecule has 0 aliphatic rings. The van der Waals surface area contributed by atoms with Crippen molar-refractivity contribution >= 4 is 12.2 Å². The van der Waals surface area contributed by atoms with Gasteiger partial charge in [-0.15, -0.1) is 5.10 Å². The molecule has 1 heterocycles. The number of aromatic amines is 1. The van der Waals surface area contributed by atoms with Crippen LogP contribution < -0.4 is 0 Å². The minimum Gasteiger partial charge on any atom is -0.247 e. The van der Waals surface area contributed by atoms with Crippen molar-refractivity contribution < 1.29 is 26.3 Å². The minimum atomic E-state index is -4.81. The Morgan fingerprint density at radius 2 is 1.69 bits per heavy atom. The lowest BCUT2D eigenvalue weighted by Gasteiger charge is -2.13. The third-order valence-electron chi connectivity index (χ3n) is 3.96. The molecule has 0 radical (unpaired) electrons. The number of alkyl halides is 6. The van der Waals surface area contributed by atoms with Crippen molar-refractivity contribution in [3.8, 4) is 17.3 Å². The molecule has 148 valence electrons. The number of rotatable bonds is 3. The molecule has 0 spiro atoms. The standard InChI is InChI=1S/C19H10F6N4/c20-18(21,22)14-6-7-15(19(23,24)25)12(9-14)5-4-11-2-1-3-13(8-11)17-16(10-26)27-29-28-17/h1-9H,(H,27,28,29)/b5-4+. The van der Waals surface area contributed by atoms with Crippen LogP contribution in [0, 0.1) is 11.3 Å². The van der Waals surface area contributed by atoms with Gasteiger partial charge in [-0.2, -0.15) is 31.6 Å². The molecule has 4 nitrogen and oxygen atoms in total. The number of nitrogens with zero attached hydrogens (tertiary/aromatic N) is 3. The molecule has 0 atom stereocenters. The summed E-state index contributed by atoms with van der Waals surface area (Å²) in [5, 5.41) is 18.7. The van der Waals surface area contributed by atoms with Crippen LogP contribution in [0.15, 0.2) is 42.5 Å². The predicted octanol–water partition coefficient (Wildman–Crippen LogP) is 5.55. The largest absolute Gasteiger partial charge is 0.416 e. The lowest BCUT2D eigenvalue weighted by Crippen LogP contribution is -2.11. The highest BCUT2D eigenvalue weighted by atomic mass is 19.4. The Labute approximate surface area is 160 Å². The summed E-state index contributed by atoms with van der Waals surface area (Å²) in [7, 11) is 0. The van der Waals surface area contributed by atoms with E-state index in [9.17, 15) is 26.3 Å². The number of benzene rings is 2.